The summed E-state index contributed by atoms with van der Waals surface area (Å²) in [6.07, 6.45) is 1.59. The summed E-state index contributed by atoms with van der Waals surface area (Å²) >= 11 is 0. The average Bonchev–Trinajstić information content (AvgIpc) is 3.03. The second-order valence-corrected chi connectivity index (χ2v) is 8.38. The van der Waals surface area contributed by atoms with Gasteiger partial charge < -0.3 is 15.0 Å². The van der Waals surface area contributed by atoms with Crippen molar-refractivity contribution in [1.82, 2.24) is 14.5 Å². The molecule has 0 aromatic heterocycles. The molecule has 2 aliphatic heterocycles. The maximum absolute atomic E-state index is 13.0. The summed E-state index contributed by atoms with van der Waals surface area (Å²) in [4.78, 5) is 13.9. The zero-order chi connectivity index (χ0) is 18.0. The quantitative estimate of drug-likeness (QED) is 0.857. The van der Waals surface area contributed by atoms with Crippen molar-refractivity contribution in [2.45, 2.75) is 37.6 Å². The van der Waals surface area contributed by atoms with Gasteiger partial charge in [0.2, 0.25) is 10.0 Å². The topological polar surface area (TPSA) is 79.0 Å². The van der Waals surface area contributed by atoms with E-state index in [4.69, 9.17) is 4.74 Å². The van der Waals surface area contributed by atoms with E-state index >= 15 is 0 Å². The molecular formula is C17H25N3O4S. The third kappa shape index (κ3) is 3.59. The number of piperidine rings is 1. The van der Waals surface area contributed by atoms with Gasteiger partial charge in [-0.25, -0.2) is 13.2 Å². The lowest BCUT2D eigenvalue weighted by molar-refractivity contribution is 0.163. The Morgan fingerprint density at radius 3 is 2.76 bits per heavy atom. The van der Waals surface area contributed by atoms with Crippen LogP contribution in [-0.2, 0) is 10.0 Å². The number of ether oxygens (including phenoxy) is 1. The molecule has 0 bridgehead atoms. The van der Waals surface area contributed by atoms with E-state index in [2.05, 4.69) is 5.32 Å². The second kappa shape index (κ2) is 7.21. The van der Waals surface area contributed by atoms with Gasteiger partial charge in [0.05, 0.1) is 11.5 Å². The number of benzene rings is 1. The number of nitrogens with one attached hydrogen (secondary N) is 1. The Labute approximate surface area is 149 Å². The highest BCUT2D eigenvalue weighted by Gasteiger charge is 2.36. The summed E-state index contributed by atoms with van der Waals surface area (Å²) in [7, 11) is -3.58. The molecule has 2 fully saturated rings. The van der Waals surface area contributed by atoms with Crippen LogP contribution in [0.1, 0.15) is 25.3 Å². The van der Waals surface area contributed by atoms with E-state index in [1.165, 1.54) is 4.31 Å². The van der Waals surface area contributed by atoms with Crippen molar-refractivity contribution in [1.29, 1.82) is 0 Å². The molecule has 1 atom stereocenters. The van der Waals surface area contributed by atoms with Crippen LogP contribution in [-0.4, -0.2) is 62.5 Å². The molecule has 138 valence electrons. The van der Waals surface area contributed by atoms with Crippen LogP contribution >= 0.6 is 0 Å². The highest BCUT2D eigenvalue weighted by Crippen LogP contribution is 2.27. The van der Waals surface area contributed by atoms with Crippen LogP contribution in [0.15, 0.2) is 23.1 Å². The molecule has 2 amide bonds. The molecule has 2 heterocycles. The van der Waals surface area contributed by atoms with Crippen LogP contribution in [0.2, 0.25) is 0 Å². The lowest BCUT2D eigenvalue weighted by atomic mass is 10.1. The third-order valence-corrected chi connectivity index (χ3v) is 6.63. The zero-order valence-corrected chi connectivity index (χ0v) is 15.5. The standard InChI is InChI=1S/C17H25N3O4S/c1-3-24-16-7-6-15(11-13(16)2)25(22,23)19-9-4-5-14(12-19)20-10-8-18-17(20)21/h6-7,11,14H,3-5,8-10,12H2,1-2H3,(H,18,21)/t14-/m1/s1. The molecule has 3 rings (SSSR count). The molecule has 25 heavy (non-hydrogen) atoms. The summed E-state index contributed by atoms with van der Waals surface area (Å²) < 4.78 is 33.0. The van der Waals surface area contributed by atoms with Gasteiger partial charge in [0, 0.05) is 32.2 Å². The van der Waals surface area contributed by atoms with E-state index in [-0.39, 0.29) is 17.0 Å². The van der Waals surface area contributed by atoms with Gasteiger partial charge in [-0.05, 0) is 50.5 Å². The van der Waals surface area contributed by atoms with Gasteiger partial charge in [-0.3, -0.25) is 0 Å². The third-order valence-electron chi connectivity index (χ3n) is 4.77. The van der Waals surface area contributed by atoms with Gasteiger partial charge in [-0.15, -0.1) is 0 Å². The van der Waals surface area contributed by atoms with Gasteiger partial charge in [0.15, 0.2) is 0 Å². The van der Waals surface area contributed by atoms with Gasteiger partial charge in [0.1, 0.15) is 5.75 Å². The van der Waals surface area contributed by atoms with E-state index in [0.717, 1.165) is 18.4 Å². The fourth-order valence-electron chi connectivity index (χ4n) is 3.48. The Hall–Kier alpha value is -1.80. The Balaban J connectivity index is 1.79. The molecule has 7 nitrogen and oxygen atoms in total. The first-order valence-corrected chi connectivity index (χ1v) is 10.2. The molecule has 0 spiro atoms. The summed E-state index contributed by atoms with van der Waals surface area (Å²) in [6.45, 7) is 6.38. The molecule has 0 unspecified atom stereocenters. The van der Waals surface area contributed by atoms with E-state index in [9.17, 15) is 13.2 Å². The number of hydrogen-bond acceptors (Lipinski definition) is 4. The summed E-state index contributed by atoms with van der Waals surface area (Å²) in [5.74, 6) is 0.701. The highest BCUT2D eigenvalue weighted by atomic mass is 32.2. The van der Waals surface area contributed by atoms with Crippen LogP contribution in [0.3, 0.4) is 0 Å². The van der Waals surface area contributed by atoms with Crippen molar-refractivity contribution in [3.63, 3.8) is 0 Å². The van der Waals surface area contributed by atoms with E-state index < -0.39 is 10.0 Å². The first kappa shape index (κ1) is 18.0. The smallest absolute Gasteiger partial charge is 0.317 e. The average molecular weight is 367 g/mol. The number of carbonyl (C=O) groups is 1. The van der Waals surface area contributed by atoms with Crippen LogP contribution in [0, 0.1) is 6.92 Å². The molecule has 8 heteroatoms. The van der Waals surface area contributed by atoms with Crippen LogP contribution < -0.4 is 10.1 Å². The summed E-state index contributed by atoms with van der Waals surface area (Å²) in [5, 5.41) is 2.78. The number of carbonyl (C=O) groups excluding carboxylic acids is 1. The SMILES string of the molecule is CCOc1ccc(S(=O)(=O)N2CCC[C@@H](N3CCNC3=O)C2)cc1C. The number of nitrogens with zero attached hydrogens (tertiary/aromatic N) is 2. The fourth-order valence-corrected chi connectivity index (χ4v) is 5.08. The van der Waals surface area contributed by atoms with Crippen molar-refractivity contribution >= 4 is 16.1 Å². The number of sulfonamides is 1. The Morgan fingerprint density at radius 1 is 1.32 bits per heavy atom. The minimum absolute atomic E-state index is 0.0604. The fraction of sp³-hybridized carbons (Fsp3) is 0.588. The normalized spacial score (nSPS) is 22.1. The maximum Gasteiger partial charge on any atom is 0.317 e. The molecule has 1 aromatic carbocycles. The van der Waals surface area contributed by atoms with Crippen LogP contribution in [0.4, 0.5) is 4.79 Å². The molecule has 1 aromatic rings. The molecule has 0 aliphatic carbocycles. The molecule has 2 aliphatic rings. The lowest BCUT2D eigenvalue weighted by Crippen LogP contribution is -2.50. The number of rotatable bonds is 5. The van der Waals surface area contributed by atoms with Crippen molar-refractivity contribution in [2.24, 2.45) is 0 Å². The van der Waals surface area contributed by atoms with E-state index in [1.54, 1.807) is 23.1 Å². The van der Waals surface area contributed by atoms with E-state index in [0.29, 0.717) is 38.5 Å². The Morgan fingerprint density at radius 2 is 2.12 bits per heavy atom. The first-order chi connectivity index (χ1) is 11.9. The van der Waals surface area contributed by atoms with Gasteiger partial charge in [-0.2, -0.15) is 4.31 Å². The number of amides is 2. The maximum atomic E-state index is 13.0. The van der Waals surface area contributed by atoms with Crippen LogP contribution in [0.5, 0.6) is 5.75 Å². The minimum Gasteiger partial charge on any atom is -0.494 e. The predicted octanol–water partition coefficient (Wildman–Crippen LogP) is 1.57. The first-order valence-electron chi connectivity index (χ1n) is 8.71. The van der Waals surface area contributed by atoms with E-state index in [1.807, 2.05) is 13.8 Å². The molecule has 0 radical (unpaired) electrons. The molecular weight excluding hydrogens is 342 g/mol. The number of hydrogen-bond donors (Lipinski definition) is 1. The number of aryl methyl sites for hydroxylation is 1. The van der Waals surface area contributed by atoms with Gasteiger partial charge in [0.25, 0.3) is 0 Å². The largest absolute Gasteiger partial charge is 0.494 e. The zero-order valence-electron chi connectivity index (χ0n) is 14.7. The van der Waals surface area contributed by atoms with Crippen molar-refractivity contribution in [3.8, 4) is 5.75 Å². The minimum atomic E-state index is -3.58. The summed E-state index contributed by atoms with van der Waals surface area (Å²) in [6, 6.07) is 4.81. The number of urea groups is 1. The predicted molar refractivity (Wildman–Crippen MR) is 94.2 cm³/mol. The summed E-state index contributed by atoms with van der Waals surface area (Å²) in [5.41, 5.74) is 0.801. The van der Waals surface area contributed by atoms with Crippen molar-refractivity contribution < 1.29 is 17.9 Å². The van der Waals surface area contributed by atoms with Crippen molar-refractivity contribution in [3.05, 3.63) is 23.8 Å². The second-order valence-electron chi connectivity index (χ2n) is 6.44. The van der Waals surface area contributed by atoms with Gasteiger partial charge >= 0.3 is 6.03 Å². The van der Waals surface area contributed by atoms with Crippen molar-refractivity contribution in [2.75, 3.05) is 32.8 Å². The monoisotopic (exact) mass is 367 g/mol. The molecule has 0 saturated carbocycles. The van der Waals surface area contributed by atoms with Gasteiger partial charge in [-0.1, -0.05) is 0 Å². The molecule has 2 saturated heterocycles. The molecule has 1 N–H and O–H groups in total. The Bertz CT molecular complexity index is 750. The van der Waals surface area contributed by atoms with Crippen LogP contribution in [0.25, 0.3) is 0 Å². The Kier molecular flexibility index (Phi) is 5.19. The highest BCUT2D eigenvalue weighted by molar-refractivity contribution is 7.89. The lowest BCUT2D eigenvalue weighted by Gasteiger charge is -2.36.